The van der Waals surface area contributed by atoms with Crippen molar-refractivity contribution in [3.63, 3.8) is 0 Å². The van der Waals surface area contributed by atoms with Crippen molar-refractivity contribution in [1.29, 1.82) is 0 Å². The van der Waals surface area contributed by atoms with Gasteiger partial charge in [0, 0.05) is 5.33 Å². The van der Waals surface area contributed by atoms with Gasteiger partial charge in [0.1, 0.15) is 5.60 Å². The van der Waals surface area contributed by atoms with E-state index in [4.69, 9.17) is 4.74 Å². The Morgan fingerprint density at radius 2 is 1.42 bits per heavy atom. The first-order valence-electron chi connectivity index (χ1n) is 6.73. The van der Waals surface area contributed by atoms with Crippen molar-refractivity contribution in [1.82, 2.24) is 0 Å². The molecule has 1 aliphatic heterocycles. The second-order valence-corrected chi connectivity index (χ2v) is 5.70. The fourth-order valence-electron chi connectivity index (χ4n) is 2.76. The number of halogens is 1. The predicted molar refractivity (Wildman–Crippen MR) is 81.6 cm³/mol. The SMILES string of the molecule is BrCCC[C@H]1OC1(c1ccccc1)c1ccccc1. The number of hydrogen-bond acceptors (Lipinski definition) is 1. The largest absolute Gasteiger partial charge is 0.356 e. The lowest BCUT2D eigenvalue weighted by atomic mass is 9.86. The average molecular weight is 317 g/mol. The van der Waals surface area contributed by atoms with Crippen LogP contribution in [0.2, 0.25) is 0 Å². The molecule has 0 N–H and O–H groups in total. The molecule has 1 atom stereocenters. The van der Waals surface area contributed by atoms with Gasteiger partial charge in [-0.15, -0.1) is 0 Å². The van der Waals surface area contributed by atoms with Gasteiger partial charge in [-0.3, -0.25) is 0 Å². The van der Waals surface area contributed by atoms with Gasteiger partial charge in [0.25, 0.3) is 0 Å². The van der Waals surface area contributed by atoms with Gasteiger partial charge in [-0.25, -0.2) is 0 Å². The van der Waals surface area contributed by atoms with Crippen LogP contribution in [-0.2, 0) is 10.3 Å². The van der Waals surface area contributed by atoms with Crippen LogP contribution in [-0.4, -0.2) is 11.4 Å². The van der Waals surface area contributed by atoms with Crippen LogP contribution in [0.3, 0.4) is 0 Å². The van der Waals surface area contributed by atoms with E-state index >= 15 is 0 Å². The molecule has 19 heavy (non-hydrogen) atoms. The van der Waals surface area contributed by atoms with Gasteiger partial charge in [0.05, 0.1) is 6.10 Å². The quantitative estimate of drug-likeness (QED) is 0.584. The normalized spacial score (nSPS) is 20.2. The first-order valence-corrected chi connectivity index (χ1v) is 7.85. The van der Waals surface area contributed by atoms with Crippen molar-refractivity contribution in [2.24, 2.45) is 0 Å². The first-order chi connectivity index (χ1) is 9.38. The van der Waals surface area contributed by atoms with Gasteiger partial charge in [-0.1, -0.05) is 76.6 Å². The molecule has 1 saturated heterocycles. The summed E-state index contributed by atoms with van der Waals surface area (Å²) in [5.74, 6) is 0. The Balaban J connectivity index is 1.95. The van der Waals surface area contributed by atoms with Crippen molar-refractivity contribution in [3.8, 4) is 0 Å². The highest BCUT2D eigenvalue weighted by atomic mass is 79.9. The Kier molecular flexibility index (Phi) is 3.72. The Bertz CT molecular complexity index is 484. The van der Waals surface area contributed by atoms with E-state index in [9.17, 15) is 0 Å². The van der Waals surface area contributed by atoms with E-state index in [0.29, 0.717) is 6.10 Å². The van der Waals surface area contributed by atoms with Crippen LogP contribution in [0.5, 0.6) is 0 Å². The van der Waals surface area contributed by atoms with Crippen LogP contribution in [0.25, 0.3) is 0 Å². The molecular weight excluding hydrogens is 300 g/mol. The predicted octanol–water partition coefficient (Wildman–Crippen LogP) is 4.50. The molecule has 0 saturated carbocycles. The van der Waals surface area contributed by atoms with Crippen LogP contribution < -0.4 is 0 Å². The molecule has 1 heterocycles. The molecule has 3 rings (SSSR count). The zero-order valence-corrected chi connectivity index (χ0v) is 12.3. The van der Waals surface area contributed by atoms with E-state index < -0.39 is 0 Å². The molecule has 0 aromatic heterocycles. The van der Waals surface area contributed by atoms with Gasteiger partial charge >= 0.3 is 0 Å². The summed E-state index contributed by atoms with van der Waals surface area (Å²) < 4.78 is 6.16. The summed E-state index contributed by atoms with van der Waals surface area (Å²) in [7, 11) is 0. The summed E-state index contributed by atoms with van der Waals surface area (Å²) >= 11 is 3.50. The van der Waals surface area contributed by atoms with E-state index in [1.165, 1.54) is 11.1 Å². The topological polar surface area (TPSA) is 12.5 Å². The van der Waals surface area contributed by atoms with Crippen molar-refractivity contribution >= 4 is 15.9 Å². The summed E-state index contributed by atoms with van der Waals surface area (Å²) in [5.41, 5.74) is 2.31. The highest BCUT2D eigenvalue weighted by Crippen LogP contribution is 2.53. The van der Waals surface area contributed by atoms with Gasteiger partial charge in [-0.2, -0.15) is 0 Å². The fraction of sp³-hybridized carbons (Fsp3) is 0.294. The number of benzene rings is 2. The minimum absolute atomic E-state index is 0.218. The van der Waals surface area contributed by atoms with Crippen molar-refractivity contribution in [2.45, 2.75) is 24.5 Å². The van der Waals surface area contributed by atoms with Gasteiger partial charge < -0.3 is 4.74 Å². The first kappa shape index (κ1) is 12.9. The summed E-state index contributed by atoms with van der Waals surface area (Å²) in [6, 6.07) is 21.1. The minimum atomic E-state index is -0.218. The maximum Gasteiger partial charge on any atom is 0.145 e. The Morgan fingerprint density at radius 3 is 1.89 bits per heavy atom. The second kappa shape index (κ2) is 5.48. The molecule has 0 spiro atoms. The molecule has 0 radical (unpaired) electrons. The zero-order valence-electron chi connectivity index (χ0n) is 10.8. The smallest absolute Gasteiger partial charge is 0.145 e. The van der Waals surface area contributed by atoms with Crippen LogP contribution in [0.15, 0.2) is 60.7 Å². The van der Waals surface area contributed by atoms with Gasteiger partial charge in [0.2, 0.25) is 0 Å². The molecule has 2 heteroatoms. The minimum Gasteiger partial charge on any atom is -0.356 e. The van der Waals surface area contributed by atoms with Gasteiger partial charge in [0.15, 0.2) is 0 Å². The summed E-state index contributed by atoms with van der Waals surface area (Å²) in [5, 5.41) is 1.03. The van der Waals surface area contributed by atoms with Gasteiger partial charge in [-0.05, 0) is 24.0 Å². The maximum atomic E-state index is 6.16. The third-order valence-electron chi connectivity index (χ3n) is 3.73. The molecule has 0 bridgehead atoms. The molecule has 0 amide bonds. The lowest BCUT2D eigenvalue weighted by Crippen LogP contribution is -2.15. The number of rotatable bonds is 5. The van der Waals surface area contributed by atoms with Crippen molar-refractivity contribution in [2.75, 3.05) is 5.33 Å². The van der Waals surface area contributed by atoms with Crippen LogP contribution in [0.4, 0.5) is 0 Å². The van der Waals surface area contributed by atoms with E-state index in [-0.39, 0.29) is 5.60 Å². The van der Waals surface area contributed by atoms with E-state index in [1.807, 2.05) is 0 Å². The molecule has 0 aliphatic carbocycles. The molecular formula is C17H17BrO. The standard InChI is InChI=1S/C17H17BrO/c18-13-7-12-16-17(19-16,14-8-3-1-4-9-14)15-10-5-2-6-11-15/h1-6,8-11,16H,7,12-13H2/t16-/m1/s1. The summed E-state index contributed by atoms with van der Waals surface area (Å²) in [4.78, 5) is 0. The number of ether oxygens (including phenoxy) is 1. The van der Waals surface area contributed by atoms with E-state index in [2.05, 4.69) is 76.6 Å². The van der Waals surface area contributed by atoms with Crippen LogP contribution in [0, 0.1) is 0 Å². The molecule has 2 aromatic rings. The average Bonchev–Trinajstić information content (AvgIpc) is 3.23. The Morgan fingerprint density at radius 1 is 0.895 bits per heavy atom. The van der Waals surface area contributed by atoms with E-state index in [0.717, 1.165) is 18.2 Å². The lowest BCUT2D eigenvalue weighted by Gasteiger charge is -2.14. The molecule has 1 fully saturated rings. The fourth-order valence-corrected chi connectivity index (χ4v) is 3.08. The van der Waals surface area contributed by atoms with Crippen molar-refractivity contribution in [3.05, 3.63) is 71.8 Å². The third kappa shape index (κ3) is 2.35. The Hall–Kier alpha value is -1.12. The molecule has 98 valence electrons. The second-order valence-electron chi connectivity index (χ2n) is 4.91. The summed E-state index contributed by atoms with van der Waals surface area (Å²) in [6.45, 7) is 0. The molecule has 0 unspecified atom stereocenters. The number of epoxide rings is 1. The zero-order chi connectivity index (χ0) is 13.1. The number of hydrogen-bond donors (Lipinski definition) is 0. The highest BCUT2D eigenvalue weighted by Gasteiger charge is 2.58. The number of alkyl halides is 1. The molecule has 2 aromatic carbocycles. The Labute approximate surface area is 122 Å². The molecule has 1 aliphatic rings. The van der Waals surface area contributed by atoms with Crippen LogP contribution in [0.1, 0.15) is 24.0 Å². The highest BCUT2D eigenvalue weighted by molar-refractivity contribution is 9.09. The maximum absolute atomic E-state index is 6.16. The third-order valence-corrected chi connectivity index (χ3v) is 4.29. The van der Waals surface area contributed by atoms with Crippen molar-refractivity contribution < 1.29 is 4.74 Å². The van der Waals surface area contributed by atoms with E-state index in [1.54, 1.807) is 0 Å². The monoisotopic (exact) mass is 316 g/mol. The molecule has 1 nitrogen and oxygen atoms in total. The van der Waals surface area contributed by atoms with Crippen LogP contribution >= 0.6 is 15.9 Å². The summed E-state index contributed by atoms with van der Waals surface area (Å²) in [6.07, 6.45) is 2.54. The lowest BCUT2D eigenvalue weighted by molar-refractivity contribution is 0.323.